The van der Waals surface area contributed by atoms with Gasteiger partial charge in [-0.3, -0.25) is 9.36 Å². The zero-order valence-electron chi connectivity index (χ0n) is 13.8. The lowest BCUT2D eigenvalue weighted by Crippen LogP contribution is -2.09. The van der Waals surface area contributed by atoms with Crippen molar-refractivity contribution in [2.24, 2.45) is 0 Å². The molecule has 5 heteroatoms. The maximum Gasteiger partial charge on any atom is 0.321 e. The largest absolute Gasteiger partial charge is 0.480 e. The van der Waals surface area contributed by atoms with Crippen molar-refractivity contribution in [3.63, 3.8) is 0 Å². The van der Waals surface area contributed by atoms with Gasteiger partial charge in [0.05, 0.1) is 11.0 Å². The lowest BCUT2D eigenvalue weighted by molar-refractivity contribution is -0.136. The number of hydrogen-bond donors (Lipinski definition) is 1. The third-order valence-electron chi connectivity index (χ3n) is 4.09. The highest BCUT2D eigenvalue weighted by Crippen LogP contribution is 2.37. The Morgan fingerprint density at radius 2 is 1.50 bits per heavy atom. The number of fused-ring (bicyclic) bond motifs is 1. The van der Waals surface area contributed by atoms with Gasteiger partial charge in [0.25, 0.3) is 0 Å². The van der Waals surface area contributed by atoms with E-state index >= 15 is 0 Å². The third kappa shape index (κ3) is 3.09. The number of benzene rings is 3. The summed E-state index contributed by atoms with van der Waals surface area (Å²) in [5.74, 6) is -0.882. The number of carboxylic acids is 1. The van der Waals surface area contributed by atoms with Crippen LogP contribution in [0.25, 0.3) is 16.7 Å². The Morgan fingerprint density at radius 3 is 2.19 bits per heavy atom. The van der Waals surface area contributed by atoms with Crippen LogP contribution < -0.4 is 0 Å². The van der Waals surface area contributed by atoms with E-state index in [1.807, 2.05) is 89.5 Å². The number of nitrogens with zero attached hydrogens (tertiary/aromatic N) is 2. The van der Waals surface area contributed by atoms with Crippen LogP contribution in [0.2, 0.25) is 0 Å². The van der Waals surface area contributed by atoms with Crippen molar-refractivity contribution in [2.75, 3.05) is 0 Å². The lowest BCUT2D eigenvalue weighted by atomic mass is 10.1. The molecule has 0 aliphatic rings. The van der Waals surface area contributed by atoms with Crippen molar-refractivity contribution in [3.05, 3.63) is 90.5 Å². The SMILES string of the molecule is O=C(O)C(Sc1nc2ccccc2n1-c1ccccc1)c1ccccc1. The molecule has 1 atom stereocenters. The minimum absolute atomic E-state index is 0.661. The minimum Gasteiger partial charge on any atom is -0.480 e. The normalized spacial score (nSPS) is 12.2. The molecular weight excluding hydrogens is 344 g/mol. The third-order valence-corrected chi connectivity index (χ3v) is 5.29. The van der Waals surface area contributed by atoms with E-state index in [0.717, 1.165) is 22.3 Å². The molecule has 0 saturated heterocycles. The van der Waals surface area contributed by atoms with Gasteiger partial charge in [-0.2, -0.15) is 0 Å². The van der Waals surface area contributed by atoms with Gasteiger partial charge >= 0.3 is 5.97 Å². The Hall–Kier alpha value is -3.05. The number of aliphatic carboxylic acids is 1. The highest BCUT2D eigenvalue weighted by Gasteiger charge is 2.25. The smallest absolute Gasteiger partial charge is 0.321 e. The predicted octanol–water partition coefficient (Wildman–Crippen LogP) is 4.94. The molecule has 1 aromatic heterocycles. The van der Waals surface area contributed by atoms with Gasteiger partial charge in [-0.25, -0.2) is 4.98 Å². The first-order valence-electron chi connectivity index (χ1n) is 8.21. The summed E-state index contributed by atoms with van der Waals surface area (Å²) in [5, 5.41) is 9.70. The monoisotopic (exact) mass is 360 g/mol. The summed E-state index contributed by atoms with van der Waals surface area (Å²) in [6.45, 7) is 0. The Balaban J connectivity index is 1.85. The summed E-state index contributed by atoms with van der Waals surface area (Å²) in [7, 11) is 0. The van der Waals surface area contributed by atoms with Crippen molar-refractivity contribution in [1.82, 2.24) is 9.55 Å². The molecule has 1 unspecified atom stereocenters. The number of aromatic nitrogens is 2. The van der Waals surface area contributed by atoms with Gasteiger partial charge < -0.3 is 5.11 Å². The van der Waals surface area contributed by atoms with Gasteiger partial charge in [0.15, 0.2) is 5.16 Å². The van der Waals surface area contributed by atoms with E-state index in [1.165, 1.54) is 11.8 Å². The Labute approximate surface area is 155 Å². The summed E-state index contributed by atoms with van der Waals surface area (Å²) in [6, 6.07) is 27.0. The first-order valence-corrected chi connectivity index (χ1v) is 9.09. The molecule has 1 N–H and O–H groups in total. The van der Waals surface area contributed by atoms with E-state index in [2.05, 4.69) is 0 Å². The average Bonchev–Trinajstić information content (AvgIpc) is 3.05. The Bertz CT molecular complexity index is 1050. The fourth-order valence-electron chi connectivity index (χ4n) is 2.90. The zero-order chi connectivity index (χ0) is 17.9. The molecule has 0 amide bonds. The first kappa shape index (κ1) is 16.4. The van der Waals surface area contributed by atoms with Crippen LogP contribution in [-0.4, -0.2) is 20.6 Å². The molecule has 0 aliphatic heterocycles. The van der Waals surface area contributed by atoms with Crippen LogP contribution in [0.4, 0.5) is 0 Å². The molecule has 4 nitrogen and oxygen atoms in total. The molecule has 0 spiro atoms. The van der Waals surface area contributed by atoms with E-state index in [4.69, 9.17) is 4.98 Å². The van der Waals surface area contributed by atoms with Gasteiger partial charge in [0, 0.05) is 5.69 Å². The minimum atomic E-state index is -0.882. The number of hydrogen-bond acceptors (Lipinski definition) is 3. The summed E-state index contributed by atoms with van der Waals surface area (Å²) in [4.78, 5) is 16.6. The highest BCUT2D eigenvalue weighted by molar-refractivity contribution is 8.00. The van der Waals surface area contributed by atoms with Crippen molar-refractivity contribution in [1.29, 1.82) is 0 Å². The van der Waals surface area contributed by atoms with Crippen LogP contribution in [0.5, 0.6) is 0 Å². The summed E-state index contributed by atoms with van der Waals surface area (Å²) in [6.07, 6.45) is 0. The molecule has 0 radical (unpaired) electrons. The summed E-state index contributed by atoms with van der Waals surface area (Å²) >= 11 is 1.25. The number of imidazole rings is 1. The zero-order valence-corrected chi connectivity index (χ0v) is 14.6. The molecule has 4 aromatic rings. The lowest BCUT2D eigenvalue weighted by Gasteiger charge is -2.14. The molecule has 1 heterocycles. The number of thioether (sulfide) groups is 1. The maximum atomic E-state index is 11.9. The standard InChI is InChI=1S/C21H16N2O2S/c24-20(25)19(15-9-3-1-4-10-15)26-21-22-17-13-7-8-14-18(17)23(21)16-11-5-2-6-12-16/h1-14,19H,(H,24,25). The van der Waals surface area contributed by atoms with E-state index < -0.39 is 11.2 Å². The van der Waals surface area contributed by atoms with E-state index in [0.29, 0.717) is 5.16 Å². The Morgan fingerprint density at radius 1 is 0.885 bits per heavy atom. The van der Waals surface area contributed by atoms with Crippen LogP contribution in [0, 0.1) is 0 Å². The van der Waals surface area contributed by atoms with Gasteiger partial charge in [0.2, 0.25) is 0 Å². The first-order chi connectivity index (χ1) is 12.7. The van der Waals surface area contributed by atoms with Crippen molar-refractivity contribution in [2.45, 2.75) is 10.4 Å². The molecule has 128 valence electrons. The number of rotatable bonds is 5. The predicted molar refractivity (Wildman–Crippen MR) is 104 cm³/mol. The molecular formula is C21H16N2O2S. The second-order valence-electron chi connectivity index (χ2n) is 5.80. The molecule has 0 bridgehead atoms. The van der Waals surface area contributed by atoms with Crippen LogP contribution in [0.15, 0.2) is 90.1 Å². The summed E-state index contributed by atoms with van der Waals surface area (Å²) < 4.78 is 2.01. The van der Waals surface area contributed by atoms with E-state index in [1.54, 1.807) is 0 Å². The topological polar surface area (TPSA) is 55.1 Å². The van der Waals surface area contributed by atoms with Gasteiger partial charge in [0.1, 0.15) is 5.25 Å². The maximum absolute atomic E-state index is 11.9. The molecule has 0 fully saturated rings. The van der Waals surface area contributed by atoms with Crippen molar-refractivity contribution in [3.8, 4) is 5.69 Å². The molecule has 4 rings (SSSR count). The van der Waals surface area contributed by atoms with Crippen LogP contribution in [0.1, 0.15) is 10.8 Å². The highest BCUT2D eigenvalue weighted by atomic mass is 32.2. The van der Waals surface area contributed by atoms with Crippen LogP contribution in [-0.2, 0) is 4.79 Å². The van der Waals surface area contributed by atoms with E-state index in [9.17, 15) is 9.90 Å². The molecule has 26 heavy (non-hydrogen) atoms. The number of carbonyl (C=O) groups is 1. The fraction of sp³-hybridized carbons (Fsp3) is 0.0476. The van der Waals surface area contributed by atoms with Gasteiger partial charge in [-0.05, 0) is 29.8 Å². The fourth-order valence-corrected chi connectivity index (χ4v) is 3.97. The number of carboxylic acid groups (broad SMARTS) is 1. The second-order valence-corrected chi connectivity index (χ2v) is 6.87. The van der Waals surface area contributed by atoms with Gasteiger partial charge in [-0.1, -0.05) is 72.4 Å². The Kier molecular flexibility index (Phi) is 4.46. The molecule has 3 aromatic carbocycles. The van der Waals surface area contributed by atoms with Crippen molar-refractivity contribution >= 4 is 28.8 Å². The molecule has 0 saturated carbocycles. The molecule has 0 aliphatic carbocycles. The van der Waals surface area contributed by atoms with Crippen LogP contribution in [0.3, 0.4) is 0 Å². The quantitative estimate of drug-likeness (QED) is 0.512. The van der Waals surface area contributed by atoms with Gasteiger partial charge in [-0.15, -0.1) is 0 Å². The van der Waals surface area contributed by atoms with Crippen LogP contribution >= 0.6 is 11.8 Å². The van der Waals surface area contributed by atoms with E-state index in [-0.39, 0.29) is 0 Å². The summed E-state index contributed by atoms with van der Waals surface area (Å²) in [5.41, 5.74) is 3.51. The second kappa shape index (κ2) is 7.06. The van der Waals surface area contributed by atoms with Crippen molar-refractivity contribution < 1.29 is 9.90 Å². The average molecular weight is 360 g/mol. The number of para-hydroxylation sites is 3.